The molecule has 1 rings (SSSR count). The first kappa shape index (κ1) is 11.9. The van der Waals surface area contributed by atoms with Crippen molar-refractivity contribution >= 4 is 0 Å². The molecule has 0 aliphatic heterocycles. The Hall–Kier alpha value is -1.17. The zero-order valence-corrected chi connectivity index (χ0v) is 7.48. The molecule has 0 spiro atoms. The molecule has 0 amide bonds. The zero-order valence-electron chi connectivity index (χ0n) is 7.48. The third-order valence-corrected chi connectivity index (χ3v) is 1.88. The molecule has 0 aliphatic carbocycles. The summed E-state index contributed by atoms with van der Waals surface area (Å²) in [5.74, 6) is -0.873. The van der Waals surface area contributed by atoms with E-state index in [0.29, 0.717) is 18.2 Å². The molecule has 1 atom stereocenters. The number of hydrogen-bond donors (Lipinski definition) is 1. The Kier molecular flexibility index (Phi) is 3.28. The Balaban J connectivity index is 3.27. The molecule has 0 aliphatic rings. The molecular weight excluding hydrogens is 217 g/mol. The van der Waals surface area contributed by atoms with Crippen LogP contribution in [0.3, 0.4) is 0 Å². The number of benzene rings is 1. The monoisotopic (exact) mass is 225 g/mol. The number of rotatable bonds is 2. The number of halogens is 5. The van der Waals surface area contributed by atoms with Crippen LogP contribution in [0, 0.1) is 5.82 Å². The molecule has 0 fully saturated rings. The van der Waals surface area contributed by atoms with Crippen molar-refractivity contribution in [2.75, 3.05) is 6.67 Å². The highest BCUT2D eigenvalue weighted by molar-refractivity contribution is 5.32. The van der Waals surface area contributed by atoms with Gasteiger partial charge in [0, 0.05) is 0 Å². The largest absolute Gasteiger partial charge is 0.416 e. The summed E-state index contributed by atoms with van der Waals surface area (Å²) in [6.07, 6.45) is -4.66. The molecule has 0 heterocycles. The van der Waals surface area contributed by atoms with Gasteiger partial charge in [0.1, 0.15) is 12.5 Å². The van der Waals surface area contributed by atoms with Crippen LogP contribution < -0.4 is 5.73 Å². The van der Waals surface area contributed by atoms with E-state index in [9.17, 15) is 22.0 Å². The first-order chi connectivity index (χ1) is 6.86. The van der Waals surface area contributed by atoms with E-state index in [1.54, 1.807) is 0 Å². The summed E-state index contributed by atoms with van der Waals surface area (Å²) in [6.45, 7) is -1.17. The van der Waals surface area contributed by atoms with E-state index in [1.807, 2.05) is 0 Å². The van der Waals surface area contributed by atoms with Gasteiger partial charge in [0.15, 0.2) is 0 Å². The van der Waals surface area contributed by atoms with Crippen LogP contribution in [-0.4, -0.2) is 6.67 Å². The van der Waals surface area contributed by atoms with Gasteiger partial charge in [-0.05, 0) is 23.8 Å². The minimum atomic E-state index is -4.66. The smallest absolute Gasteiger partial charge is 0.322 e. The normalized spacial score (nSPS) is 14.0. The Labute approximate surface area is 82.7 Å². The minimum Gasteiger partial charge on any atom is -0.322 e. The summed E-state index contributed by atoms with van der Waals surface area (Å²) in [7, 11) is 0. The Morgan fingerprint density at radius 1 is 1.27 bits per heavy atom. The van der Waals surface area contributed by atoms with Gasteiger partial charge in [0.25, 0.3) is 0 Å². The maximum Gasteiger partial charge on any atom is 0.416 e. The van der Waals surface area contributed by atoms with E-state index in [1.165, 1.54) is 0 Å². The molecule has 0 radical (unpaired) electrons. The maximum atomic E-state index is 12.7. The molecule has 1 nitrogen and oxygen atoms in total. The fourth-order valence-electron chi connectivity index (χ4n) is 1.18. The summed E-state index contributed by atoms with van der Waals surface area (Å²) in [6, 6.07) is 0.363. The van der Waals surface area contributed by atoms with E-state index >= 15 is 0 Å². The standard InChI is InChI=1S/C9H8F5N/c10-4-8(15)6-3-5(11)1-2-7(6)9(12,13)14/h1-3,8H,4,15H2/t8-/m1/s1. The molecule has 1 aromatic rings. The average molecular weight is 225 g/mol. The second kappa shape index (κ2) is 4.14. The van der Waals surface area contributed by atoms with Crippen LogP contribution in [0.1, 0.15) is 17.2 Å². The van der Waals surface area contributed by atoms with Crippen molar-refractivity contribution < 1.29 is 22.0 Å². The first-order valence-electron chi connectivity index (χ1n) is 4.04. The highest BCUT2D eigenvalue weighted by Gasteiger charge is 2.34. The fraction of sp³-hybridized carbons (Fsp3) is 0.333. The molecule has 0 bridgehead atoms. The summed E-state index contributed by atoms with van der Waals surface area (Å²) >= 11 is 0. The van der Waals surface area contributed by atoms with E-state index < -0.39 is 35.8 Å². The van der Waals surface area contributed by atoms with Gasteiger partial charge in [-0.25, -0.2) is 8.78 Å². The van der Waals surface area contributed by atoms with Gasteiger partial charge >= 0.3 is 6.18 Å². The van der Waals surface area contributed by atoms with E-state index in [-0.39, 0.29) is 0 Å². The van der Waals surface area contributed by atoms with Crippen molar-refractivity contribution in [3.8, 4) is 0 Å². The lowest BCUT2D eigenvalue weighted by Crippen LogP contribution is -2.19. The molecule has 0 saturated heterocycles. The van der Waals surface area contributed by atoms with Gasteiger partial charge in [-0.1, -0.05) is 0 Å². The van der Waals surface area contributed by atoms with Gasteiger partial charge < -0.3 is 5.73 Å². The summed E-state index contributed by atoms with van der Waals surface area (Å²) in [4.78, 5) is 0. The molecular formula is C9H8F5N. The van der Waals surface area contributed by atoms with E-state index in [4.69, 9.17) is 5.73 Å². The first-order valence-corrected chi connectivity index (χ1v) is 4.04. The fourth-order valence-corrected chi connectivity index (χ4v) is 1.18. The molecule has 1 aromatic carbocycles. The lowest BCUT2D eigenvalue weighted by atomic mass is 10.0. The van der Waals surface area contributed by atoms with Gasteiger partial charge in [0.2, 0.25) is 0 Å². The van der Waals surface area contributed by atoms with Gasteiger partial charge in [0.05, 0.1) is 11.6 Å². The maximum absolute atomic E-state index is 12.7. The topological polar surface area (TPSA) is 26.0 Å². The molecule has 0 unspecified atom stereocenters. The van der Waals surface area contributed by atoms with Crippen molar-refractivity contribution in [3.05, 3.63) is 35.1 Å². The van der Waals surface area contributed by atoms with Gasteiger partial charge in [-0.15, -0.1) is 0 Å². The average Bonchev–Trinajstić information content (AvgIpc) is 2.14. The number of alkyl halides is 4. The summed E-state index contributed by atoms with van der Waals surface area (Å²) in [5, 5.41) is 0. The predicted octanol–water partition coefficient (Wildman–Crippen LogP) is 2.81. The van der Waals surface area contributed by atoms with Crippen molar-refractivity contribution in [1.82, 2.24) is 0 Å². The lowest BCUT2D eigenvalue weighted by Gasteiger charge is -2.15. The second-order valence-electron chi connectivity index (χ2n) is 2.99. The molecule has 15 heavy (non-hydrogen) atoms. The van der Waals surface area contributed by atoms with Crippen LogP contribution in [0.2, 0.25) is 0 Å². The van der Waals surface area contributed by atoms with Gasteiger partial charge in [-0.3, -0.25) is 0 Å². The highest BCUT2D eigenvalue weighted by Crippen LogP contribution is 2.34. The number of hydrogen-bond acceptors (Lipinski definition) is 1. The number of nitrogens with two attached hydrogens (primary N) is 1. The van der Waals surface area contributed by atoms with E-state index in [2.05, 4.69) is 0 Å². The highest BCUT2D eigenvalue weighted by atomic mass is 19.4. The Bertz CT molecular complexity index is 347. The molecule has 84 valence electrons. The molecule has 0 aromatic heterocycles. The van der Waals surface area contributed by atoms with Gasteiger partial charge in [-0.2, -0.15) is 13.2 Å². The van der Waals surface area contributed by atoms with Crippen LogP contribution in [-0.2, 0) is 6.18 Å². The third kappa shape index (κ3) is 2.65. The Morgan fingerprint density at radius 2 is 1.87 bits per heavy atom. The Morgan fingerprint density at radius 3 is 2.33 bits per heavy atom. The van der Waals surface area contributed by atoms with E-state index in [0.717, 1.165) is 0 Å². The SMILES string of the molecule is N[C@H](CF)c1cc(F)ccc1C(F)(F)F. The predicted molar refractivity (Wildman–Crippen MR) is 44.3 cm³/mol. The minimum absolute atomic E-state index is 0.556. The summed E-state index contributed by atoms with van der Waals surface area (Å²) < 4.78 is 62.0. The van der Waals surface area contributed by atoms with Crippen molar-refractivity contribution in [2.24, 2.45) is 5.73 Å². The van der Waals surface area contributed by atoms with Crippen LogP contribution in [0.5, 0.6) is 0 Å². The molecule has 6 heteroatoms. The molecule has 2 N–H and O–H groups in total. The third-order valence-electron chi connectivity index (χ3n) is 1.88. The van der Waals surface area contributed by atoms with Crippen LogP contribution in [0.25, 0.3) is 0 Å². The van der Waals surface area contributed by atoms with Crippen LogP contribution in [0.15, 0.2) is 18.2 Å². The quantitative estimate of drug-likeness (QED) is 0.769. The van der Waals surface area contributed by atoms with Crippen LogP contribution in [0.4, 0.5) is 22.0 Å². The molecule has 0 saturated carbocycles. The van der Waals surface area contributed by atoms with Crippen molar-refractivity contribution in [3.63, 3.8) is 0 Å². The lowest BCUT2D eigenvalue weighted by molar-refractivity contribution is -0.138. The van der Waals surface area contributed by atoms with Crippen LogP contribution >= 0.6 is 0 Å². The summed E-state index contributed by atoms with van der Waals surface area (Å²) in [5.41, 5.74) is 3.45. The zero-order chi connectivity index (χ0) is 11.6. The van der Waals surface area contributed by atoms with Crippen molar-refractivity contribution in [1.29, 1.82) is 0 Å². The van der Waals surface area contributed by atoms with Crippen molar-refractivity contribution in [2.45, 2.75) is 12.2 Å². The second-order valence-corrected chi connectivity index (χ2v) is 2.99.